The van der Waals surface area contributed by atoms with Gasteiger partial charge in [-0.25, -0.2) is 4.79 Å². The molecule has 1 amide bonds. The number of nitrogens with one attached hydrogen (secondary N) is 1. The van der Waals surface area contributed by atoms with Crippen LogP contribution in [0.3, 0.4) is 0 Å². The van der Waals surface area contributed by atoms with E-state index in [1.165, 1.54) is 0 Å². The number of amides is 1. The van der Waals surface area contributed by atoms with E-state index in [0.717, 1.165) is 11.1 Å². The number of ether oxygens (including phenoxy) is 1. The third-order valence-electron chi connectivity index (χ3n) is 4.49. The lowest BCUT2D eigenvalue weighted by molar-refractivity contribution is -0.148. The molecule has 5 nitrogen and oxygen atoms in total. The fraction of sp³-hybridized carbons (Fsp3) is 0.348. The fourth-order valence-electron chi connectivity index (χ4n) is 3.16. The van der Waals surface area contributed by atoms with Gasteiger partial charge in [0.05, 0.1) is 12.5 Å². The van der Waals surface area contributed by atoms with E-state index in [4.69, 9.17) is 4.74 Å². The Labute approximate surface area is 166 Å². The van der Waals surface area contributed by atoms with Gasteiger partial charge in [0, 0.05) is 6.42 Å². The van der Waals surface area contributed by atoms with Crippen molar-refractivity contribution in [1.29, 1.82) is 0 Å². The Bertz CT molecular complexity index is 787. The van der Waals surface area contributed by atoms with Crippen molar-refractivity contribution in [3.8, 4) is 0 Å². The standard InChI is InChI=1S/C23H27NO4/c1-4-28-23(27)19(15-17-11-7-5-8-12-17)24-22(26)21(25)20(16(2)3)18-13-9-6-10-14-18/h5-14,16,19-20H,4,15H2,1-3H3,(H,24,26)/t19-,20?/m0/s1. The fourth-order valence-corrected chi connectivity index (χ4v) is 3.16. The summed E-state index contributed by atoms with van der Waals surface area (Å²) in [6, 6.07) is 17.6. The van der Waals surface area contributed by atoms with E-state index >= 15 is 0 Å². The molecule has 28 heavy (non-hydrogen) atoms. The zero-order valence-corrected chi connectivity index (χ0v) is 16.6. The van der Waals surface area contributed by atoms with Gasteiger partial charge in [0.25, 0.3) is 5.91 Å². The van der Waals surface area contributed by atoms with Gasteiger partial charge >= 0.3 is 5.97 Å². The summed E-state index contributed by atoms with van der Waals surface area (Å²) in [5, 5.41) is 2.59. The van der Waals surface area contributed by atoms with Gasteiger partial charge in [-0.05, 0) is 24.0 Å². The van der Waals surface area contributed by atoms with Crippen LogP contribution in [0.5, 0.6) is 0 Å². The smallest absolute Gasteiger partial charge is 0.328 e. The van der Waals surface area contributed by atoms with Crippen LogP contribution in [0.1, 0.15) is 37.8 Å². The second-order valence-electron chi connectivity index (χ2n) is 6.96. The first-order valence-corrected chi connectivity index (χ1v) is 9.54. The van der Waals surface area contributed by atoms with Crippen molar-refractivity contribution in [3.05, 3.63) is 71.8 Å². The summed E-state index contributed by atoms with van der Waals surface area (Å²) in [5.41, 5.74) is 1.66. The molecule has 5 heteroatoms. The molecule has 0 bridgehead atoms. The van der Waals surface area contributed by atoms with E-state index in [0.29, 0.717) is 0 Å². The first-order chi connectivity index (χ1) is 13.4. The summed E-state index contributed by atoms with van der Waals surface area (Å²) < 4.78 is 5.08. The SMILES string of the molecule is CCOC(=O)[C@H](Cc1ccccc1)NC(=O)C(=O)C(c1ccccc1)C(C)C. The van der Waals surface area contributed by atoms with E-state index < -0.39 is 29.6 Å². The first-order valence-electron chi connectivity index (χ1n) is 9.54. The summed E-state index contributed by atoms with van der Waals surface area (Å²) in [6.07, 6.45) is 0.260. The quantitative estimate of drug-likeness (QED) is 0.534. The predicted octanol–water partition coefficient (Wildman–Crippen LogP) is 3.29. The van der Waals surface area contributed by atoms with Crippen molar-refractivity contribution < 1.29 is 19.1 Å². The third kappa shape index (κ3) is 5.78. The Kier molecular flexibility index (Phi) is 7.93. The number of hydrogen-bond donors (Lipinski definition) is 1. The zero-order valence-electron chi connectivity index (χ0n) is 16.6. The number of rotatable bonds is 9. The molecule has 2 rings (SSSR count). The van der Waals surface area contributed by atoms with E-state index in [1.807, 2.05) is 74.5 Å². The highest BCUT2D eigenvalue weighted by atomic mass is 16.5. The van der Waals surface area contributed by atoms with Crippen LogP contribution >= 0.6 is 0 Å². The minimum Gasteiger partial charge on any atom is -0.464 e. The number of hydrogen-bond acceptors (Lipinski definition) is 4. The molecule has 1 unspecified atom stereocenters. The molecule has 0 saturated heterocycles. The van der Waals surface area contributed by atoms with Gasteiger partial charge in [0.1, 0.15) is 6.04 Å². The van der Waals surface area contributed by atoms with Crippen LogP contribution in [0.4, 0.5) is 0 Å². The van der Waals surface area contributed by atoms with Gasteiger partial charge in [-0.1, -0.05) is 74.5 Å². The molecule has 0 aliphatic heterocycles. The molecule has 2 aromatic rings. The van der Waals surface area contributed by atoms with Crippen molar-refractivity contribution in [2.24, 2.45) is 5.92 Å². The van der Waals surface area contributed by atoms with Gasteiger partial charge in [-0.2, -0.15) is 0 Å². The summed E-state index contributed by atoms with van der Waals surface area (Å²) >= 11 is 0. The van der Waals surface area contributed by atoms with E-state index in [2.05, 4.69) is 5.32 Å². The minimum absolute atomic E-state index is 0.0594. The van der Waals surface area contributed by atoms with E-state index in [9.17, 15) is 14.4 Å². The Hall–Kier alpha value is -2.95. The first kappa shape index (κ1) is 21.4. The van der Waals surface area contributed by atoms with Crippen molar-refractivity contribution in [2.75, 3.05) is 6.61 Å². The molecule has 0 radical (unpaired) electrons. The maximum Gasteiger partial charge on any atom is 0.328 e. The number of Topliss-reactive ketones (excluding diaryl/α,β-unsaturated/α-hetero) is 1. The molecule has 0 aliphatic rings. The lowest BCUT2D eigenvalue weighted by Gasteiger charge is -2.22. The molecule has 148 valence electrons. The Morgan fingerprint density at radius 1 is 0.929 bits per heavy atom. The Morgan fingerprint density at radius 2 is 1.50 bits per heavy atom. The maximum atomic E-state index is 12.9. The average molecular weight is 381 g/mol. The van der Waals surface area contributed by atoms with Gasteiger partial charge in [0.15, 0.2) is 0 Å². The van der Waals surface area contributed by atoms with E-state index in [1.54, 1.807) is 6.92 Å². The van der Waals surface area contributed by atoms with Crippen molar-refractivity contribution in [1.82, 2.24) is 5.32 Å². The van der Waals surface area contributed by atoms with Crippen LogP contribution in [0.15, 0.2) is 60.7 Å². The monoisotopic (exact) mass is 381 g/mol. The number of benzene rings is 2. The number of carbonyl (C=O) groups is 3. The normalized spacial score (nSPS) is 12.9. The molecular formula is C23H27NO4. The second-order valence-corrected chi connectivity index (χ2v) is 6.96. The minimum atomic E-state index is -0.914. The van der Waals surface area contributed by atoms with Gasteiger partial charge < -0.3 is 10.1 Å². The van der Waals surface area contributed by atoms with Crippen molar-refractivity contribution in [2.45, 2.75) is 39.2 Å². The molecule has 0 spiro atoms. The lowest BCUT2D eigenvalue weighted by atomic mass is 9.84. The molecule has 0 aromatic heterocycles. The highest BCUT2D eigenvalue weighted by molar-refractivity contribution is 6.38. The second kappa shape index (κ2) is 10.4. The van der Waals surface area contributed by atoms with Crippen LogP contribution in [0.2, 0.25) is 0 Å². The van der Waals surface area contributed by atoms with Crippen LogP contribution in [0, 0.1) is 5.92 Å². The summed E-state index contributed by atoms with van der Waals surface area (Å²) in [5.74, 6) is -2.50. The summed E-state index contributed by atoms with van der Waals surface area (Å²) in [4.78, 5) is 37.9. The van der Waals surface area contributed by atoms with Crippen LogP contribution < -0.4 is 5.32 Å². The Morgan fingerprint density at radius 3 is 2.04 bits per heavy atom. The molecule has 0 heterocycles. The molecule has 0 saturated carbocycles. The number of carbonyl (C=O) groups excluding carboxylic acids is 3. The highest BCUT2D eigenvalue weighted by Crippen LogP contribution is 2.25. The Balaban J connectivity index is 2.18. The van der Waals surface area contributed by atoms with Gasteiger partial charge in [0.2, 0.25) is 5.78 Å². The van der Waals surface area contributed by atoms with Crippen LogP contribution in [-0.2, 0) is 25.5 Å². The topological polar surface area (TPSA) is 72.5 Å². The summed E-state index contributed by atoms with van der Waals surface area (Å²) in [6.45, 7) is 5.70. The van der Waals surface area contributed by atoms with Gasteiger partial charge in [-0.3, -0.25) is 9.59 Å². The average Bonchev–Trinajstić information content (AvgIpc) is 2.69. The molecular weight excluding hydrogens is 354 g/mol. The lowest BCUT2D eigenvalue weighted by Crippen LogP contribution is -2.47. The molecule has 0 aliphatic carbocycles. The predicted molar refractivity (Wildman–Crippen MR) is 108 cm³/mol. The third-order valence-corrected chi connectivity index (χ3v) is 4.49. The number of ketones is 1. The van der Waals surface area contributed by atoms with Gasteiger partial charge in [-0.15, -0.1) is 0 Å². The van der Waals surface area contributed by atoms with Crippen molar-refractivity contribution in [3.63, 3.8) is 0 Å². The number of esters is 1. The molecule has 0 fully saturated rings. The van der Waals surface area contributed by atoms with Crippen molar-refractivity contribution >= 4 is 17.7 Å². The van der Waals surface area contributed by atoms with Crippen LogP contribution in [0.25, 0.3) is 0 Å². The zero-order chi connectivity index (χ0) is 20.5. The highest BCUT2D eigenvalue weighted by Gasteiger charge is 2.32. The molecule has 1 N–H and O–H groups in total. The largest absolute Gasteiger partial charge is 0.464 e. The maximum absolute atomic E-state index is 12.9. The van der Waals surface area contributed by atoms with E-state index in [-0.39, 0.29) is 18.9 Å². The van der Waals surface area contributed by atoms with Crippen LogP contribution in [-0.4, -0.2) is 30.3 Å². The molecule has 2 atom stereocenters. The molecule has 2 aromatic carbocycles. The summed E-state index contributed by atoms with van der Waals surface area (Å²) in [7, 11) is 0.